The fourth-order valence-corrected chi connectivity index (χ4v) is 1.53. The van der Waals surface area contributed by atoms with E-state index in [0.29, 0.717) is 5.92 Å². The second kappa shape index (κ2) is 11.4. The Morgan fingerprint density at radius 2 is 1.50 bits per heavy atom. The normalized spacial score (nSPS) is 17.6. The summed E-state index contributed by atoms with van der Waals surface area (Å²) in [5.74, 6) is 0.391. The molecule has 0 aliphatic heterocycles. The van der Waals surface area contributed by atoms with Crippen LogP contribution in [0.15, 0.2) is 29.6 Å². The van der Waals surface area contributed by atoms with E-state index in [-0.39, 0.29) is 23.0 Å². The van der Waals surface area contributed by atoms with Crippen molar-refractivity contribution in [2.24, 2.45) is 5.10 Å². The number of rotatable bonds is 3. The van der Waals surface area contributed by atoms with Crippen LogP contribution in [0.5, 0.6) is 0 Å². The molecule has 0 unspecified atom stereocenters. The summed E-state index contributed by atoms with van der Waals surface area (Å²) in [7, 11) is 0. The molecule has 10 radical (unpaired) electrons. The van der Waals surface area contributed by atoms with Crippen molar-refractivity contribution in [3.8, 4) is 0 Å². The van der Waals surface area contributed by atoms with E-state index in [2.05, 4.69) is 15.5 Å². The molecule has 1 aromatic heterocycles. The molecule has 5 heteroatoms. The Bertz CT molecular complexity index is 433. The van der Waals surface area contributed by atoms with Gasteiger partial charge in [-0.1, -0.05) is 0 Å². The molecule has 0 aromatic carbocycles. The van der Waals surface area contributed by atoms with Gasteiger partial charge in [0.15, 0.2) is 0 Å². The third kappa shape index (κ3) is 7.19. The Kier molecular flexibility index (Phi) is 9.76. The van der Waals surface area contributed by atoms with Crippen LogP contribution in [0.25, 0.3) is 0 Å². The van der Waals surface area contributed by atoms with E-state index < -0.39 is 0 Å². The van der Waals surface area contributed by atoms with Gasteiger partial charge in [-0.05, 0) is 75.5 Å². The van der Waals surface area contributed by atoms with Gasteiger partial charge < -0.3 is 0 Å². The summed E-state index contributed by atoms with van der Waals surface area (Å²) in [6, 6.07) is 3.61. The van der Waals surface area contributed by atoms with Crippen LogP contribution in [0.2, 0.25) is 0 Å². The first-order valence-electron chi connectivity index (χ1n) is 6.48. The maximum absolute atomic E-state index is 11.5. The van der Waals surface area contributed by atoms with E-state index in [9.17, 15) is 4.79 Å². The first-order chi connectivity index (χ1) is 10.4. The van der Waals surface area contributed by atoms with Gasteiger partial charge in [0.2, 0.25) is 5.91 Å². The van der Waals surface area contributed by atoms with E-state index in [1.165, 1.54) is 0 Å². The Hall–Kier alpha value is -1.19. The van der Waals surface area contributed by atoms with Crippen LogP contribution in [0.4, 0.5) is 0 Å². The third-order valence-corrected chi connectivity index (χ3v) is 2.57. The van der Waals surface area contributed by atoms with Crippen LogP contribution in [-0.4, -0.2) is 17.1 Å². The molecule has 0 saturated heterocycles. The number of aromatic nitrogens is 1. The van der Waals surface area contributed by atoms with Gasteiger partial charge in [-0.15, -0.1) is 0 Å². The molecule has 1 heterocycles. The van der Waals surface area contributed by atoms with Crippen LogP contribution in [0, 0.1) is 63.7 Å². The molecule has 22 heavy (non-hydrogen) atoms. The number of carbonyl (C=O) groups is 1. The zero-order valence-corrected chi connectivity index (χ0v) is 12.8. The minimum Gasteiger partial charge on any atom is -0.272 e. The quantitative estimate of drug-likeness (QED) is 0.522. The van der Waals surface area contributed by atoms with Crippen molar-refractivity contribution >= 4 is 12.1 Å². The van der Waals surface area contributed by atoms with Crippen LogP contribution in [0.1, 0.15) is 5.56 Å². The van der Waals surface area contributed by atoms with Gasteiger partial charge in [-0.3, -0.25) is 9.78 Å². The molecule has 2 aliphatic carbocycles. The van der Waals surface area contributed by atoms with Gasteiger partial charge >= 0.3 is 17.1 Å². The fourth-order valence-electron chi connectivity index (χ4n) is 1.53. The number of amides is 1. The second-order valence-electron chi connectivity index (χ2n) is 4.12. The molecular weight excluding hydrogens is 318 g/mol. The molecule has 110 valence electrons. The number of carbonyl (C=O) groups excluding carboxylic acids is 1. The standard InChI is InChI=1S/C12H10N3O.C5H5.Fe/c16-12(11-3-1-2-4-11)15-14-9-10-5-7-13-8-6-10;1-2-4-5-3-1;/h1-9H,(H,15,16);1-5H;/q;;+2/b14-9+;;. The predicted octanol–water partition coefficient (Wildman–Crippen LogP) is 1.96. The van der Waals surface area contributed by atoms with Crippen molar-refractivity contribution in [3.05, 3.63) is 93.8 Å². The molecule has 0 bridgehead atoms. The van der Waals surface area contributed by atoms with Crippen molar-refractivity contribution in [2.75, 3.05) is 0 Å². The van der Waals surface area contributed by atoms with E-state index in [0.717, 1.165) is 5.56 Å². The van der Waals surface area contributed by atoms with Crippen molar-refractivity contribution in [1.82, 2.24) is 10.4 Å². The molecule has 1 N–H and O–H groups in total. The van der Waals surface area contributed by atoms with Gasteiger partial charge in [0.1, 0.15) is 0 Å². The summed E-state index contributed by atoms with van der Waals surface area (Å²) >= 11 is 0. The van der Waals surface area contributed by atoms with E-state index in [1.54, 1.807) is 43.6 Å². The summed E-state index contributed by atoms with van der Waals surface area (Å²) in [5.41, 5.74) is 3.33. The van der Waals surface area contributed by atoms with Crippen LogP contribution in [0.3, 0.4) is 0 Å². The molecule has 3 rings (SSSR count). The molecule has 0 spiro atoms. The summed E-state index contributed by atoms with van der Waals surface area (Å²) in [4.78, 5) is 15.3. The molecule has 4 nitrogen and oxygen atoms in total. The number of pyridine rings is 1. The molecule has 2 aliphatic rings. The second-order valence-corrected chi connectivity index (χ2v) is 4.12. The third-order valence-electron chi connectivity index (χ3n) is 2.57. The van der Waals surface area contributed by atoms with Gasteiger partial charge in [0, 0.05) is 12.4 Å². The number of nitrogens with zero attached hydrogens (tertiary/aromatic N) is 2. The summed E-state index contributed by atoms with van der Waals surface area (Å²) in [6.07, 6.45) is 22.0. The smallest absolute Gasteiger partial charge is 0.272 e. The molecule has 1 amide bonds. The Labute approximate surface area is 143 Å². The fraction of sp³-hybridized carbons (Fsp3) is 0. The average molecular weight is 333 g/mol. The average Bonchev–Trinajstić information content (AvgIpc) is 3.24. The number of nitrogens with one attached hydrogen (secondary N) is 1. The summed E-state index contributed by atoms with van der Waals surface area (Å²) in [5, 5.41) is 3.85. The maximum Gasteiger partial charge on any atom is 2.00 e. The first kappa shape index (κ1) is 18.9. The Morgan fingerprint density at radius 1 is 0.955 bits per heavy atom. The predicted molar refractivity (Wildman–Crippen MR) is 81.9 cm³/mol. The number of hydrogen-bond acceptors (Lipinski definition) is 3. The maximum atomic E-state index is 11.5. The first-order valence-corrected chi connectivity index (χ1v) is 6.48. The van der Waals surface area contributed by atoms with Gasteiger partial charge in [0.05, 0.1) is 12.1 Å². The zero-order chi connectivity index (χ0) is 14.8. The SMILES string of the molecule is O=C(N/N=C/c1ccncc1)[C]1[CH][CH][CH][CH]1.[CH]1[CH][CH][CH][CH]1.[Fe+2]. The van der Waals surface area contributed by atoms with Crippen LogP contribution >= 0.6 is 0 Å². The molecule has 2 fully saturated rings. The van der Waals surface area contributed by atoms with Gasteiger partial charge in [-0.25, -0.2) is 5.43 Å². The van der Waals surface area contributed by atoms with E-state index in [1.807, 2.05) is 44.9 Å². The summed E-state index contributed by atoms with van der Waals surface area (Å²) < 4.78 is 0. The van der Waals surface area contributed by atoms with Crippen LogP contribution in [-0.2, 0) is 21.9 Å². The molecular formula is C17H15FeN3O+2. The number of hydrogen-bond donors (Lipinski definition) is 1. The van der Waals surface area contributed by atoms with Crippen LogP contribution < -0.4 is 5.43 Å². The monoisotopic (exact) mass is 333 g/mol. The zero-order valence-electron chi connectivity index (χ0n) is 11.7. The van der Waals surface area contributed by atoms with E-state index >= 15 is 0 Å². The van der Waals surface area contributed by atoms with Gasteiger partial charge in [-0.2, -0.15) is 5.10 Å². The largest absolute Gasteiger partial charge is 2.00 e. The summed E-state index contributed by atoms with van der Waals surface area (Å²) in [6.45, 7) is 0. The van der Waals surface area contributed by atoms with Crippen molar-refractivity contribution in [2.45, 2.75) is 0 Å². The Morgan fingerprint density at radius 3 is 2.05 bits per heavy atom. The minimum atomic E-state index is -0.213. The van der Waals surface area contributed by atoms with Crippen molar-refractivity contribution in [3.63, 3.8) is 0 Å². The molecule has 0 atom stereocenters. The van der Waals surface area contributed by atoms with Gasteiger partial charge in [0.25, 0.3) is 0 Å². The van der Waals surface area contributed by atoms with E-state index in [4.69, 9.17) is 0 Å². The molecule has 2 saturated carbocycles. The Balaban J connectivity index is 0.000000344. The number of hydrazone groups is 1. The van der Waals surface area contributed by atoms with Crippen molar-refractivity contribution < 1.29 is 21.9 Å². The molecule has 1 aromatic rings. The van der Waals surface area contributed by atoms with Crippen molar-refractivity contribution in [1.29, 1.82) is 0 Å². The topological polar surface area (TPSA) is 54.4 Å². The minimum absolute atomic E-state index is 0.